The summed E-state index contributed by atoms with van der Waals surface area (Å²) in [5.41, 5.74) is 0.678. The number of nitrogens with one attached hydrogen (secondary N) is 2. The molecule has 1 aromatic carbocycles. The molecule has 1 aliphatic rings. The van der Waals surface area contributed by atoms with Gasteiger partial charge in [-0.15, -0.1) is 11.8 Å². The Labute approximate surface area is 126 Å². The fourth-order valence-electron chi connectivity index (χ4n) is 1.73. The summed E-state index contributed by atoms with van der Waals surface area (Å²) in [4.78, 5) is 22.9. The van der Waals surface area contributed by atoms with E-state index in [1.165, 1.54) is 31.0 Å². The summed E-state index contributed by atoms with van der Waals surface area (Å²) >= 11 is 1.29. The van der Waals surface area contributed by atoms with Crippen LogP contribution in [-0.2, 0) is 10.5 Å². The largest absolute Gasteiger partial charge is 0.496 e. The first-order valence-electron chi connectivity index (χ1n) is 6.59. The zero-order valence-electron chi connectivity index (χ0n) is 11.6. The summed E-state index contributed by atoms with van der Waals surface area (Å²) < 4.78 is 18.3. The second-order valence-electron chi connectivity index (χ2n) is 4.74. The fraction of sp³-hybridized carbons (Fsp3) is 0.429. The van der Waals surface area contributed by atoms with Crippen LogP contribution in [0.4, 0.5) is 9.18 Å². The molecular formula is C14H17FN2O3S. The molecule has 3 amide bonds. The summed E-state index contributed by atoms with van der Waals surface area (Å²) in [5, 5.41) is 4.93. The van der Waals surface area contributed by atoms with Crippen molar-refractivity contribution in [3.8, 4) is 5.75 Å². The number of benzene rings is 1. The molecular weight excluding hydrogens is 295 g/mol. The SMILES string of the molecule is COc1ccc(F)cc1CSCC(=O)NC(=O)NC1CC1. The molecule has 21 heavy (non-hydrogen) atoms. The van der Waals surface area contributed by atoms with Crippen LogP contribution in [0.25, 0.3) is 0 Å². The van der Waals surface area contributed by atoms with E-state index in [0.717, 1.165) is 12.8 Å². The lowest BCUT2D eigenvalue weighted by atomic mass is 10.2. The molecule has 2 rings (SSSR count). The van der Waals surface area contributed by atoms with Gasteiger partial charge in [0.15, 0.2) is 0 Å². The molecule has 0 spiro atoms. The van der Waals surface area contributed by atoms with E-state index in [1.807, 2.05) is 0 Å². The molecule has 114 valence electrons. The van der Waals surface area contributed by atoms with Crippen LogP contribution >= 0.6 is 11.8 Å². The van der Waals surface area contributed by atoms with E-state index < -0.39 is 6.03 Å². The Kier molecular flexibility index (Phi) is 5.44. The number of hydrogen-bond donors (Lipinski definition) is 2. The lowest BCUT2D eigenvalue weighted by molar-refractivity contribution is -0.117. The molecule has 0 aliphatic heterocycles. The normalized spacial score (nSPS) is 13.6. The van der Waals surface area contributed by atoms with Gasteiger partial charge in [0, 0.05) is 17.4 Å². The first kappa shape index (κ1) is 15.6. The van der Waals surface area contributed by atoms with Crippen molar-refractivity contribution in [2.45, 2.75) is 24.6 Å². The topological polar surface area (TPSA) is 67.4 Å². The Morgan fingerprint density at radius 3 is 2.86 bits per heavy atom. The Bertz CT molecular complexity index is 535. The molecule has 2 N–H and O–H groups in total. The number of methoxy groups -OCH3 is 1. The van der Waals surface area contributed by atoms with Gasteiger partial charge in [0.2, 0.25) is 5.91 Å². The van der Waals surface area contributed by atoms with Crippen molar-refractivity contribution in [2.75, 3.05) is 12.9 Å². The standard InChI is InChI=1S/C14H17FN2O3S/c1-20-12-5-2-10(15)6-9(12)7-21-8-13(18)17-14(19)16-11-3-4-11/h2,5-6,11H,3-4,7-8H2,1H3,(H2,16,17,18,19). The third kappa shape index (κ3) is 5.26. The van der Waals surface area contributed by atoms with Crippen molar-refractivity contribution in [1.29, 1.82) is 0 Å². The van der Waals surface area contributed by atoms with Crippen LogP contribution in [0.2, 0.25) is 0 Å². The van der Waals surface area contributed by atoms with Gasteiger partial charge in [0.1, 0.15) is 11.6 Å². The first-order chi connectivity index (χ1) is 10.1. The van der Waals surface area contributed by atoms with Crippen LogP contribution in [0.5, 0.6) is 5.75 Å². The number of hydrogen-bond acceptors (Lipinski definition) is 4. The highest BCUT2D eigenvalue weighted by molar-refractivity contribution is 7.99. The van der Waals surface area contributed by atoms with Gasteiger partial charge in [0.05, 0.1) is 12.9 Å². The zero-order valence-corrected chi connectivity index (χ0v) is 12.5. The van der Waals surface area contributed by atoms with E-state index in [-0.39, 0.29) is 23.5 Å². The van der Waals surface area contributed by atoms with Crippen molar-refractivity contribution >= 4 is 23.7 Å². The van der Waals surface area contributed by atoms with Gasteiger partial charge >= 0.3 is 6.03 Å². The van der Waals surface area contributed by atoms with Gasteiger partial charge < -0.3 is 10.1 Å². The second-order valence-corrected chi connectivity index (χ2v) is 5.73. The average molecular weight is 312 g/mol. The maximum atomic E-state index is 13.2. The predicted molar refractivity (Wildman–Crippen MR) is 78.8 cm³/mol. The van der Waals surface area contributed by atoms with Gasteiger partial charge in [-0.2, -0.15) is 0 Å². The number of halogens is 1. The summed E-state index contributed by atoms with van der Waals surface area (Å²) in [6, 6.07) is 4.01. The van der Waals surface area contributed by atoms with Crippen molar-refractivity contribution in [2.24, 2.45) is 0 Å². The second kappa shape index (κ2) is 7.31. The van der Waals surface area contributed by atoms with Crippen LogP contribution in [0, 0.1) is 5.82 Å². The lowest BCUT2D eigenvalue weighted by Gasteiger charge is -2.08. The molecule has 0 bridgehead atoms. The van der Waals surface area contributed by atoms with Crippen LogP contribution in [0.3, 0.4) is 0 Å². The molecule has 5 nitrogen and oxygen atoms in total. The number of ether oxygens (including phenoxy) is 1. The number of carbonyl (C=O) groups is 2. The first-order valence-corrected chi connectivity index (χ1v) is 7.74. The van der Waals surface area contributed by atoms with Crippen LogP contribution in [0.1, 0.15) is 18.4 Å². The van der Waals surface area contributed by atoms with Crippen molar-refractivity contribution in [3.05, 3.63) is 29.6 Å². The number of amides is 3. The molecule has 1 aliphatic carbocycles. The number of carbonyl (C=O) groups excluding carboxylic acids is 2. The quantitative estimate of drug-likeness (QED) is 0.844. The smallest absolute Gasteiger partial charge is 0.321 e. The third-order valence-corrected chi connectivity index (χ3v) is 3.88. The van der Waals surface area contributed by atoms with Crippen molar-refractivity contribution in [1.82, 2.24) is 10.6 Å². The number of urea groups is 1. The number of rotatable bonds is 6. The van der Waals surface area contributed by atoms with Crippen molar-refractivity contribution < 1.29 is 18.7 Å². The molecule has 7 heteroatoms. The van der Waals surface area contributed by atoms with Gasteiger partial charge in [-0.05, 0) is 31.0 Å². The summed E-state index contributed by atoms with van der Waals surface area (Å²) in [6.45, 7) is 0. The van der Waals surface area contributed by atoms with Crippen LogP contribution in [0.15, 0.2) is 18.2 Å². The molecule has 0 heterocycles. The van der Waals surface area contributed by atoms with Gasteiger partial charge in [-0.3, -0.25) is 10.1 Å². The van der Waals surface area contributed by atoms with E-state index in [9.17, 15) is 14.0 Å². The van der Waals surface area contributed by atoms with E-state index in [4.69, 9.17) is 4.74 Å². The van der Waals surface area contributed by atoms with E-state index in [2.05, 4.69) is 10.6 Å². The van der Waals surface area contributed by atoms with E-state index in [0.29, 0.717) is 17.1 Å². The summed E-state index contributed by atoms with van der Waals surface area (Å²) in [6.07, 6.45) is 1.94. The fourth-order valence-corrected chi connectivity index (χ4v) is 2.53. The molecule has 0 atom stereocenters. The van der Waals surface area contributed by atoms with Gasteiger partial charge in [0.25, 0.3) is 0 Å². The van der Waals surface area contributed by atoms with Crippen LogP contribution < -0.4 is 15.4 Å². The summed E-state index contributed by atoms with van der Waals surface area (Å²) in [7, 11) is 1.51. The Morgan fingerprint density at radius 1 is 1.43 bits per heavy atom. The average Bonchev–Trinajstić information content (AvgIpc) is 3.22. The number of imide groups is 1. The minimum atomic E-state index is -0.452. The monoisotopic (exact) mass is 312 g/mol. The molecule has 0 unspecified atom stereocenters. The van der Waals surface area contributed by atoms with Crippen molar-refractivity contribution in [3.63, 3.8) is 0 Å². The Balaban J connectivity index is 1.74. The van der Waals surface area contributed by atoms with E-state index >= 15 is 0 Å². The molecule has 1 aromatic rings. The highest BCUT2D eigenvalue weighted by Gasteiger charge is 2.23. The third-order valence-electron chi connectivity index (χ3n) is 2.90. The van der Waals surface area contributed by atoms with Gasteiger partial charge in [-0.1, -0.05) is 0 Å². The predicted octanol–water partition coefficient (Wildman–Crippen LogP) is 2.06. The molecule has 1 saturated carbocycles. The molecule has 0 saturated heterocycles. The minimum Gasteiger partial charge on any atom is -0.496 e. The highest BCUT2D eigenvalue weighted by atomic mass is 32.2. The highest BCUT2D eigenvalue weighted by Crippen LogP contribution is 2.24. The molecule has 0 aromatic heterocycles. The minimum absolute atomic E-state index is 0.123. The molecule has 0 radical (unpaired) electrons. The maximum absolute atomic E-state index is 13.2. The number of thioether (sulfide) groups is 1. The van der Waals surface area contributed by atoms with Gasteiger partial charge in [-0.25, -0.2) is 9.18 Å². The van der Waals surface area contributed by atoms with E-state index in [1.54, 1.807) is 6.07 Å². The maximum Gasteiger partial charge on any atom is 0.321 e. The lowest BCUT2D eigenvalue weighted by Crippen LogP contribution is -2.41. The Morgan fingerprint density at radius 2 is 2.19 bits per heavy atom. The van der Waals surface area contributed by atoms with Crippen LogP contribution in [-0.4, -0.2) is 30.8 Å². The Hall–Kier alpha value is -1.76. The zero-order chi connectivity index (χ0) is 15.2. The molecule has 1 fully saturated rings. The summed E-state index contributed by atoms with van der Waals surface area (Å²) in [5.74, 6) is 0.417.